The summed E-state index contributed by atoms with van der Waals surface area (Å²) in [6.07, 6.45) is 4.83. The molecule has 0 atom stereocenters. The maximum Gasteiger partial charge on any atom is 0.171 e. The van der Waals surface area contributed by atoms with E-state index in [1.807, 2.05) is 26.1 Å². The Morgan fingerprint density at radius 2 is 1.86 bits per heavy atom. The van der Waals surface area contributed by atoms with Crippen LogP contribution in [-0.4, -0.2) is 50.7 Å². The van der Waals surface area contributed by atoms with E-state index in [0.29, 0.717) is 23.4 Å². The van der Waals surface area contributed by atoms with E-state index in [-0.39, 0.29) is 16.4 Å². The van der Waals surface area contributed by atoms with Crippen molar-refractivity contribution in [2.75, 3.05) is 20.1 Å². The lowest BCUT2D eigenvalue weighted by Gasteiger charge is -2.20. The van der Waals surface area contributed by atoms with Gasteiger partial charge in [0.2, 0.25) is 0 Å². The lowest BCUT2D eigenvalue weighted by Crippen LogP contribution is -2.24. The van der Waals surface area contributed by atoms with E-state index in [9.17, 15) is 9.18 Å². The molecule has 7 nitrogen and oxygen atoms in total. The number of nitrogens with zero attached hydrogens (tertiary/aromatic N) is 6. The van der Waals surface area contributed by atoms with Crippen molar-refractivity contribution in [1.29, 1.82) is 5.26 Å². The van der Waals surface area contributed by atoms with Gasteiger partial charge >= 0.3 is 0 Å². The smallest absolute Gasteiger partial charge is 0.171 e. The summed E-state index contributed by atoms with van der Waals surface area (Å²) in [5.41, 5.74) is 2.82. The molecule has 1 aliphatic rings. The van der Waals surface area contributed by atoms with E-state index in [1.54, 1.807) is 27.5 Å². The van der Waals surface area contributed by atoms with Crippen molar-refractivity contribution in [2.45, 2.75) is 26.2 Å². The molecule has 2 aromatic carbocycles. The van der Waals surface area contributed by atoms with Crippen LogP contribution in [0.2, 0.25) is 5.15 Å². The Labute approximate surface area is 208 Å². The Morgan fingerprint density at radius 3 is 2.46 bits per heavy atom. The van der Waals surface area contributed by atoms with Crippen molar-refractivity contribution < 1.29 is 9.18 Å². The first kappa shape index (κ1) is 24.6. The van der Waals surface area contributed by atoms with Gasteiger partial charge in [-0.1, -0.05) is 18.0 Å². The average molecular weight is 493 g/mol. The number of likely N-dealkylation sites (tertiary alicyclic amines) is 1. The number of imidazole rings is 1. The molecule has 2 aromatic heterocycles. The maximum atomic E-state index is 14.2. The Balaban J connectivity index is 0.000000356. The number of halogens is 2. The van der Waals surface area contributed by atoms with Gasteiger partial charge in [0.25, 0.3) is 0 Å². The van der Waals surface area contributed by atoms with E-state index >= 15 is 0 Å². The lowest BCUT2D eigenvalue weighted by atomic mass is 10.1. The number of carbonyl (C=O) groups is 1. The molecule has 0 unspecified atom stereocenters. The molecule has 0 saturated carbocycles. The van der Waals surface area contributed by atoms with E-state index in [0.717, 1.165) is 16.6 Å². The highest BCUT2D eigenvalue weighted by Crippen LogP contribution is 2.32. The number of aromatic nitrogens is 4. The van der Waals surface area contributed by atoms with E-state index in [4.69, 9.17) is 16.9 Å². The van der Waals surface area contributed by atoms with Gasteiger partial charge in [-0.05, 0) is 76.3 Å². The van der Waals surface area contributed by atoms with Crippen LogP contribution in [0.4, 0.5) is 4.39 Å². The molecular formula is C26H26ClFN6O. The molecule has 0 aliphatic carbocycles. The molecule has 0 radical (unpaired) electrons. The highest BCUT2D eigenvalue weighted by Gasteiger charge is 2.20. The first-order valence-corrected chi connectivity index (χ1v) is 11.8. The normalized spacial score (nSPS) is 13.8. The van der Waals surface area contributed by atoms with Gasteiger partial charge in [-0.15, -0.1) is 0 Å². The Hall–Kier alpha value is -3.54. The summed E-state index contributed by atoms with van der Waals surface area (Å²) in [6, 6.07) is 11.5. The number of carbonyl (C=O) groups excluding carboxylic acids is 1. The minimum absolute atomic E-state index is 0.0458. The highest BCUT2D eigenvalue weighted by atomic mass is 35.5. The zero-order chi connectivity index (χ0) is 25.1. The summed E-state index contributed by atoms with van der Waals surface area (Å²) < 4.78 is 17.5. The van der Waals surface area contributed by atoms with Gasteiger partial charge in [0.1, 0.15) is 28.6 Å². The van der Waals surface area contributed by atoms with Crippen LogP contribution in [0.1, 0.15) is 41.0 Å². The monoisotopic (exact) mass is 492 g/mol. The molecule has 0 bridgehead atoms. The number of fused-ring (bicyclic) bond motifs is 1. The molecule has 0 spiro atoms. The molecule has 180 valence electrons. The molecule has 1 aliphatic heterocycles. The third kappa shape index (κ3) is 4.97. The van der Waals surface area contributed by atoms with Crippen LogP contribution >= 0.6 is 11.6 Å². The number of aryl methyl sites for hydroxylation is 2. The van der Waals surface area contributed by atoms with Crippen molar-refractivity contribution >= 4 is 28.8 Å². The molecule has 0 amide bonds. The summed E-state index contributed by atoms with van der Waals surface area (Å²) in [5, 5.41) is 14.4. The van der Waals surface area contributed by atoms with Crippen molar-refractivity contribution in [3.05, 3.63) is 64.3 Å². The third-order valence-electron chi connectivity index (χ3n) is 6.26. The number of piperidine rings is 1. The number of hydrogen-bond acceptors (Lipinski definition) is 5. The topological polar surface area (TPSA) is 79.7 Å². The van der Waals surface area contributed by atoms with Gasteiger partial charge < -0.3 is 4.90 Å². The van der Waals surface area contributed by atoms with Gasteiger partial charge in [-0.2, -0.15) is 10.4 Å². The molecule has 1 fully saturated rings. The predicted molar refractivity (Wildman–Crippen MR) is 134 cm³/mol. The minimum atomic E-state index is -0.670. The zero-order valence-electron chi connectivity index (χ0n) is 19.9. The third-order valence-corrected chi connectivity index (χ3v) is 6.62. The van der Waals surface area contributed by atoms with Gasteiger partial charge in [0, 0.05) is 29.4 Å². The fourth-order valence-corrected chi connectivity index (χ4v) is 4.43. The number of benzene rings is 2. The van der Waals surface area contributed by atoms with Crippen molar-refractivity contribution in [3.8, 4) is 23.1 Å². The first-order valence-electron chi connectivity index (χ1n) is 11.4. The Morgan fingerprint density at radius 1 is 1.11 bits per heavy atom. The summed E-state index contributed by atoms with van der Waals surface area (Å²) >= 11 is 6.41. The van der Waals surface area contributed by atoms with Gasteiger partial charge in [0.15, 0.2) is 6.29 Å². The van der Waals surface area contributed by atoms with Gasteiger partial charge in [0.05, 0.1) is 11.1 Å². The SMILES string of the molecule is CN1CCCCC1.Cc1c2cc(-n3c(-c4ccc(C#N)c(F)c4)nc(C=O)c3Cl)ccc2nn1C. The van der Waals surface area contributed by atoms with E-state index in [2.05, 4.69) is 22.0 Å². The largest absolute Gasteiger partial charge is 0.306 e. The second kappa shape index (κ2) is 10.4. The predicted octanol–water partition coefficient (Wildman–Crippen LogP) is 5.31. The molecule has 9 heteroatoms. The highest BCUT2D eigenvalue weighted by molar-refractivity contribution is 6.32. The number of aldehydes is 1. The van der Waals surface area contributed by atoms with Crippen LogP contribution in [0.15, 0.2) is 36.4 Å². The van der Waals surface area contributed by atoms with E-state index < -0.39 is 5.82 Å². The molecular weight excluding hydrogens is 467 g/mol. The quantitative estimate of drug-likeness (QED) is 0.362. The molecule has 3 heterocycles. The van der Waals surface area contributed by atoms with E-state index in [1.165, 1.54) is 44.5 Å². The van der Waals surface area contributed by atoms with Crippen LogP contribution in [0, 0.1) is 24.1 Å². The van der Waals surface area contributed by atoms with Crippen LogP contribution in [0.3, 0.4) is 0 Å². The minimum Gasteiger partial charge on any atom is -0.306 e. The summed E-state index contributed by atoms with van der Waals surface area (Å²) in [5.74, 6) is -0.367. The fourth-order valence-electron chi connectivity index (χ4n) is 4.17. The van der Waals surface area contributed by atoms with Gasteiger partial charge in [-0.25, -0.2) is 9.37 Å². The van der Waals surface area contributed by atoms with Crippen LogP contribution in [0.25, 0.3) is 28.0 Å². The Kier molecular flexibility index (Phi) is 7.29. The fraction of sp³-hybridized carbons (Fsp3) is 0.308. The zero-order valence-corrected chi connectivity index (χ0v) is 20.7. The van der Waals surface area contributed by atoms with Crippen LogP contribution < -0.4 is 0 Å². The van der Waals surface area contributed by atoms with Crippen molar-refractivity contribution in [2.24, 2.45) is 7.05 Å². The Bertz CT molecular complexity index is 1430. The van der Waals surface area contributed by atoms with Crippen LogP contribution in [-0.2, 0) is 7.05 Å². The number of rotatable bonds is 3. The standard InChI is InChI=1S/C20H13ClFN5O.C6H13N/c1-11-15-8-14(5-6-17(15)25-26(11)2)27-19(21)18(10-28)24-20(27)12-3-4-13(9-23)16(22)7-12;1-7-5-3-2-4-6-7/h3-8,10H,1-2H3;2-6H2,1H3. The molecule has 0 N–H and O–H groups in total. The lowest BCUT2D eigenvalue weighted by molar-refractivity contribution is 0.111. The van der Waals surface area contributed by atoms with Crippen molar-refractivity contribution in [1.82, 2.24) is 24.2 Å². The number of hydrogen-bond donors (Lipinski definition) is 0. The molecule has 4 aromatic rings. The van der Waals surface area contributed by atoms with Gasteiger partial charge in [-0.3, -0.25) is 14.0 Å². The maximum absolute atomic E-state index is 14.2. The average Bonchev–Trinajstić information content (AvgIpc) is 3.35. The summed E-state index contributed by atoms with van der Waals surface area (Å²) in [7, 11) is 4.05. The summed E-state index contributed by atoms with van der Waals surface area (Å²) in [4.78, 5) is 18.1. The molecule has 5 rings (SSSR count). The second-order valence-electron chi connectivity index (χ2n) is 8.65. The van der Waals surface area contributed by atoms with Crippen molar-refractivity contribution in [3.63, 3.8) is 0 Å². The van der Waals surface area contributed by atoms with Crippen LogP contribution in [0.5, 0.6) is 0 Å². The summed E-state index contributed by atoms with van der Waals surface area (Å²) in [6.45, 7) is 4.59. The second-order valence-corrected chi connectivity index (χ2v) is 9.00. The molecule has 35 heavy (non-hydrogen) atoms. The first-order chi connectivity index (χ1) is 16.8. The number of nitriles is 1. The molecule has 1 saturated heterocycles.